The number of hydrogen-bond donors (Lipinski definition) is 1. The van der Waals surface area contributed by atoms with E-state index in [9.17, 15) is 13.2 Å². The van der Waals surface area contributed by atoms with E-state index in [1.54, 1.807) is 17.0 Å². The molecule has 6 heteroatoms. The summed E-state index contributed by atoms with van der Waals surface area (Å²) in [6.07, 6.45) is 1.11. The van der Waals surface area contributed by atoms with Crippen LogP contribution in [0.25, 0.3) is 0 Å². The van der Waals surface area contributed by atoms with E-state index in [-0.39, 0.29) is 23.3 Å². The van der Waals surface area contributed by atoms with Crippen LogP contribution in [0.1, 0.15) is 10.4 Å². The highest BCUT2D eigenvalue weighted by molar-refractivity contribution is 7.90. The predicted molar refractivity (Wildman–Crippen MR) is 66.0 cm³/mol. The van der Waals surface area contributed by atoms with Crippen molar-refractivity contribution in [2.45, 2.75) is 4.90 Å². The van der Waals surface area contributed by atoms with Gasteiger partial charge in [-0.15, -0.1) is 0 Å². The molecule has 0 radical (unpaired) electrons. The lowest BCUT2D eigenvalue weighted by molar-refractivity contribution is 0.0362. The van der Waals surface area contributed by atoms with Gasteiger partial charge in [-0.25, -0.2) is 8.42 Å². The van der Waals surface area contributed by atoms with E-state index < -0.39 is 9.84 Å². The minimum Gasteiger partial charge on any atom is -0.396 e. The van der Waals surface area contributed by atoms with Gasteiger partial charge in [-0.2, -0.15) is 0 Å². The third-order valence-corrected chi connectivity index (χ3v) is 4.12. The molecular weight excluding hydrogens is 254 g/mol. The van der Waals surface area contributed by atoms with Gasteiger partial charge in [0.1, 0.15) is 0 Å². The van der Waals surface area contributed by atoms with E-state index in [1.807, 2.05) is 0 Å². The summed E-state index contributed by atoms with van der Waals surface area (Å²) < 4.78 is 22.8. The predicted octanol–water partition coefficient (Wildman–Crippen LogP) is 0.154. The molecule has 0 saturated carbocycles. The molecular formula is C12H15NO4S. The summed E-state index contributed by atoms with van der Waals surface area (Å²) in [6.45, 7) is 1.13. The average molecular weight is 269 g/mol. The number of aliphatic hydroxyl groups excluding tert-OH is 1. The molecule has 0 spiro atoms. The van der Waals surface area contributed by atoms with Gasteiger partial charge in [0.25, 0.3) is 5.91 Å². The number of aliphatic hydroxyl groups is 1. The van der Waals surface area contributed by atoms with E-state index in [0.717, 1.165) is 6.26 Å². The average Bonchev–Trinajstić information content (AvgIpc) is 2.26. The second-order valence-corrected chi connectivity index (χ2v) is 6.57. The first-order valence-corrected chi connectivity index (χ1v) is 7.51. The monoisotopic (exact) mass is 269 g/mol. The Labute approximate surface area is 106 Å². The van der Waals surface area contributed by atoms with Crippen LogP contribution in [0.15, 0.2) is 29.2 Å². The molecule has 0 unspecified atom stereocenters. The van der Waals surface area contributed by atoms with E-state index in [4.69, 9.17) is 5.11 Å². The Morgan fingerprint density at radius 2 is 2.11 bits per heavy atom. The fourth-order valence-corrected chi connectivity index (χ4v) is 2.56. The van der Waals surface area contributed by atoms with Crippen molar-refractivity contribution in [1.29, 1.82) is 0 Å². The molecule has 18 heavy (non-hydrogen) atoms. The van der Waals surface area contributed by atoms with Gasteiger partial charge in [0.15, 0.2) is 9.84 Å². The summed E-state index contributed by atoms with van der Waals surface area (Å²) in [7, 11) is -3.30. The zero-order chi connectivity index (χ0) is 13.3. The molecule has 1 amide bonds. The van der Waals surface area contributed by atoms with Crippen molar-refractivity contribution < 1.29 is 18.3 Å². The smallest absolute Gasteiger partial charge is 0.253 e. The highest BCUT2D eigenvalue weighted by Crippen LogP contribution is 2.19. The van der Waals surface area contributed by atoms with Crippen LogP contribution in [0.2, 0.25) is 0 Å². The normalized spacial score (nSPS) is 16.4. The Bertz CT molecular complexity index is 561. The van der Waals surface area contributed by atoms with Gasteiger partial charge >= 0.3 is 0 Å². The van der Waals surface area contributed by atoms with Gasteiger partial charge in [-0.3, -0.25) is 4.79 Å². The van der Waals surface area contributed by atoms with Crippen LogP contribution in [0.4, 0.5) is 0 Å². The third kappa shape index (κ3) is 2.54. The fraction of sp³-hybridized carbons (Fsp3) is 0.417. The maximum Gasteiger partial charge on any atom is 0.253 e. The van der Waals surface area contributed by atoms with E-state index in [1.165, 1.54) is 12.1 Å². The number of nitrogens with zero attached hydrogens (tertiary/aromatic N) is 1. The van der Waals surface area contributed by atoms with Gasteiger partial charge < -0.3 is 10.0 Å². The van der Waals surface area contributed by atoms with Gasteiger partial charge in [-0.05, 0) is 18.2 Å². The highest BCUT2D eigenvalue weighted by atomic mass is 32.2. The molecule has 1 aromatic rings. The lowest BCUT2D eigenvalue weighted by Crippen LogP contribution is -2.51. The highest BCUT2D eigenvalue weighted by Gasteiger charge is 2.30. The fourth-order valence-electron chi connectivity index (χ4n) is 1.89. The molecule has 0 atom stereocenters. The summed E-state index contributed by atoms with van der Waals surface area (Å²) in [5, 5.41) is 8.89. The maximum absolute atomic E-state index is 12.0. The van der Waals surface area contributed by atoms with Crippen molar-refractivity contribution in [2.24, 2.45) is 5.92 Å². The summed E-state index contributed by atoms with van der Waals surface area (Å²) in [5.41, 5.74) is 0.370. The SMILES string of the molecule is CS(=O)(=O)c1cccc(C(=O)N2CC(CO)C2)c1. The van der Waals surface area contributed by atoms with Crippen molar-refractivity contribution in [3.8, 4) is 0 Å². The second-order valence-electron chi connectivity index (χ2n) is 4.56. The molecule has 1 aliphatic heterocycles. The molecule has 98 valence electrons. The molecule has 1 N–H and O–H groups in total. The Hall–Kier alpha value is -1.40. The van der Waals surface area contributed by atoms with E-state index in [0.29, 0.717) is 18.7 Å². The lowest BCUT2D eigenvalue weighted by atomic mass is 10.00. The summed E-state index contributed by atoms with van der Waals surface area (Å²) in [6, 6.07) is 6.03. The van der Waals surface area contributed by atoms with Crippen LogP contribution in [0.5, 0.6) is 0 Å². The van der Waals surface area contributed by atoms with Crippen LogP contribution < -0.4 is 0 Å². The van der Waals surface area contributed by atoms with Crippen LogP contribution in [0.3, 0.4) is 0 Å². The molecule has 1 heterocycles. The summed E-state index contributed by atoms with van der Waals surface area (Å²) in [5.74, 6) is -0.0442. The number of sulfone groups is 1. The number of amides is 1. The number of carbonyl (C=O) groups is 1. The summed E-state index contributed by atoms with van der Waals surface area (Å²) >= 11 is 0. The lowest BCUT2D eigenvalue weighted by Gasteiger charge is -2.38. The molecule has 1 fully saturated rings. The minimum atomic E-state index is -3.30. The molecule has 5 nitrogen and oxygen atoms in total. The summed E-state index contributed by atoms with van der Waals surface area (Å²) in [4.78, 5) is 13.8. The number of benzene rings is 1. The minimum absolute atomic E-state index is 0.0765. The number of likely N-dealkylation sites (tertiary alicyclic amines) is 1. The van der Waals surface area contributed by atoms with Crippen LogP contribution >= 0.6 is 0 Å². The van der Waals surface area contributed by atoms with Crippen molar-refractivity contribution in [3.63, 3.8) is 0 Å². The molecule has 0 aliphatic carbocycles. The first-order chi connectivity index (χ1) is 8.41. The number of rotatable bonds is 3. The number of hydrogen-bond acceptors (Lipinski definition) is 4. The Balaban J connectivity index is 2.17. The molecule has 1 aliphatic rings. The van der Waals surface area contributed by atoms with E-state index >= 15 is 0 Å². The Kier molecular flexibility index (Phi) is 3.41. The zero-order valence-corrected chi connectivity index (χ0v) is 10.9. The zero-order valence-electron chi connectivity index (χ0n) is 10.0. The Morgan fingerprint density at radius 1 is 1.44 bits per heavy atom. The quantitative estimate of drug-likeness (QED) is 0.848. The van der Waals surface area contributed by atoms with Crippen molar-refractivity contribution in [2.75, 3.05) is 26.0 Å². The molecule has 0 aromatic heterocycles. The molecule has 2 rings (SSSR count). The van der Waals surface area contributed by atoms with Crippen molar-refractivity contribution in [3.05, 3.63) is 29.8 Å². The van der Waals surface area contributed by atoms with Crippen LogP contribution in [0, 0.1) is 5.92 Å². The molecule has 1 aromatic carbocycles. The van der Waals surface area contributed by atoms with Crippen LogP contribution in [-0.2, 0) is 9.84 Å². The van der Waals surface area contributed by atoms with Gasteiger partial charge in [0.05, 0.1) is 4.90 Å². The van der Waals surface area contributed by atoms with Crippen molar-refractivity contribution >= 4 is 15.7 Å². The second kappa shape index (κ2) is 4.70. The molecule has 0 bridgehead atoms. The van der Waals surface area contributed by atoms with Gasteiger partial charge in [0.2, 0.25) is 0 Å². The van der Waals surface area contributed by atoms with Crippen LogP contribution in [-0.4, -0.2) is 50.3 Å². The maximum atomic E-state index is 12.0. The first-order valence-electron chi connectivity index (χ1n) is 5.62. The first kappa shape index (κ1) is 13.0. The van der Waals surface area contributed by atoms with Gasteiger partial charge in [-0.1, -0.05) is 6.07 Å². The topological polar surface area (TPSA) is 74.7 Å². The van der Waals surface area contributed by atoms with E-state index in [2.05, 4.69) is 0 Å². The Morgan fingerprint density at radius 3 is 2.67 bits per heavy atom. The third-order valence-electron chi connectivity index (χ3n) is 3.01. The largest absolute Gasteiger partial charge is 0.396 e. The van der Waals surface area contributed by atoms with Crippen molar-refractivity contribution in [1.82, 2.24) is 4.90 Å². The number of carbonyl (C=O) groups excluding carboxylic acids is 1. The standard InChI is InChI=1S/C12H15NO4S/c1-18(16,17)11-4-2-3-10(5-11)12(15)13-6-9(7-13)8-14/h2-5,9,14H,6-8H2,1H3. The van der Waals surface area contributed by atoms with Gasteiger partial charge in [0, 0.05) is 37.4 Å². The molecule has 1 saturated heterocycles.